The maximum absolute atomic E-state index is 5.22. The molecule has 0 atom stereocenters. The Labute approximate surface area is 187 Å². The van der Waals surface area contributed by atoms with Gasteiger partial charge in [0.15, 0.2) is 11.8 Å². The molecule has 0 aliphatic carbocycles. The number of ether oxygens (including phenoxy) is 1. The Morgan fingerprint density at radius 2 is 1.77 bits per heavy atom. The van der Waals surface area contributed by atoms with Crippen molar-refractivity contribution in [3.05, 3.63) is 57.1 Å². The second-order valence-corrected chi connectivity index (χ2v) is 8.63. The quantitative estimate of drug-likeness (QED) is 0.392. The minimum atomic E-state index is 0.463. The molecule has 0 saturated heterocycles. The third kappa shape index (κ3) is 6.52. The van der Waals surface area contributed by atoms with E-state index in [4.69, 9.17) is 9.73 Å². The minimum Gasteiger partial charge on any atom is -0.497 e. The Kier molecular flexibility index (Phi) is 8.00. The summed E-state index contributed by atoms with van der Waals surface area (Å²) in [6, 6.07) is 8.13. The molecular weight excluding hydrogens is 410 g/mol. The number of aliphatic imine (C=N–C) groups is 1. The fourth-order valence-electron chi connectivity index (χ4n) is 2.96. The summed E-state index contributed by atoms with van der Waals surface area (Å²) in [5, 5.41) is 16.3. The molecule has 2 N–H and O–H groups in total. The number of rotatable bonds is 9. The van der Waals surface area contributed by atoms with Crippen LogP contribution >= 0.6 is 11.3 Å². The summed E-state index contributed by atoms with van der Waals surface area (Å²) in [5.74, 6) is 3.34. The van der Waals surface area contributed by atoms with Crippen LogP contribution in [0.2, 0.25) is 0 Å². The molecule has 166 valence electrons. The molecule has 2 aromatic heterocycles. The zero-order chi connectivity index (χ0) is 22.2. The maximum Gasteiger partial charge on any atom is 0.191 e. The Balaban J connectivity index is 1.58. The van der Waals surface area contributed by atoms with Crippen LogP contribution in [0, 0.1) is 20.8 Å². The average molecular weight is 442 g/mol. The van der Waals surface area contributed by atoms with E-state index in [0.29, 0.717) is 6.54 Å². The van der Waals surface area contributed by atoms with Gasteiger partial charge in [-0.1, -0.05) is 12.1 Å². The van der Waals surface area contributed by atoms with E-state index in [1.165, 1.54) is 10.4 Å². The first-order valence-electron chi connectivity index (χ1n) is 10.4. The van der Waals surface area contributed by atoms with Gasteiger partial charge in [-0.05, 0) is 44.9 Å². The molecule has 0 fully saturated rings. The topological polar surface area (TPSA) is 89.2 Å². The first-order valence-corrected chi connectivity index (χ1v) is 11.2. The molecule has 3 aromatic rings. The Morgan fingerprint density at radius 1 is 1.06 bits per heavy atom. The number of hydrogen-bond acceptors (Lipinski definition) is 6. The van der Waals surface area contributed by atoms with E-state index in [1.807, 2.05) is 30.7 Å². The molecule has 0 saturated carbocycles. The Bertz CT molecular complexity index is 988. The smallest absolute Gasteiger partial charge is 0.191 e. The number of thiazole rings is 1. The predicted molar refractivity (Wildman–Crippen MR) is 125 cm³/mol. The van der Waals surface area contributed by atoms with Gasteiger partial charge in [0.2, 0.25) is 0 Å². The molecule has 8 nitrogen and oxygen atoms in total. The number of nitrogens with zero attached hydrogens (tertiary/aromatic N) is 5. The molecule has 0 aliphatic rings. The standard InChI is InChI=1S/C22H31N7OS/c1-15-16(2)31-21(26-15)11-13-24-22(25-14-20-28-27-17(3)29(20)4)23-12-10-18-6-8-19(30-5)9-7-18/h6-9H,10-14H2,1-5H3,(H2,23,24,25). The molecule has 0 spiro atoms. The Hall–Kier alpha value is -2.94. The zero-order valence-electron chi connectivity index (χ0n) is 18.9. The SMILES string of the molecule is COc1ccc(CCNC(=NCc2nnc(C)n2C)NCCc2nc(C)c(C)s2)cc1. The van der Waals surface area contributed by atoms with E-state index >= 15 is 0 Å². The van der Waals surface area contributed by atoms with E-state index in [9.17, 15) is 0 Å². The van der Waals surface area contributed by atoms with Gasteiger partial charge in [-0.3, -0.25) is 0 Å². The van der Waals surface area contributed by atoms with Gasteiger partial charge in [0.25, 0.3) is 0 Å². The first-order chi connectivity index (χ1) is 15.0. The van der Waals surface area contributed by atoms with Crippen LogP contribution in [0.4, 0.5) is 0 Å². The fourth-order valence-corrected chi connectivity index (χ4v) is 3.90. The van der Waals surface area contributed by atoms with E-state index in [-0.39, 0.29) is 0 Å². The molecule has 0 radical (unpaired) electrons. The molecule has 2 heterocycles. The number of aryl methyl sites for hydroxylation is 3. The van der Waals surface area contributed by atoms with Gasteiger partial charge in [0.1, 0.15) is 18.1 Å². The van der Waals surface area contributed by atoms with Crippen LogP contribution in [0.1, 0.15) is 32.8 Å². The summed E-state index contributed by atoms with van der Waals surface area (Å²) in [6.45, 7) is 8.10. The van der Waals surface area contributed by atoms with Gasteiger partial charge < -0.3 is 19.9 Å². The molecule has 31 heavy (non-hydrogen) atoms. The molecule has 9 heteroatoms. The maximum atomic E-state index is 5.22. The third-order valence-electron chi connectivity index (χ3n) is 5.13. The van der Waals surface area contributed by atoms with E-state index in [1.54, 1.807) is 18.4 Å². The lowest BCUT2D eigenvalue weighted by Crippen LogP contribution is -2.39. The van der Waals surface area contributed by atoms with Crippen LogP contribution in [0.3, 0.4) is 0 Å². The van der Waals surface area contributed by atoms with Gasteiger partial charge >= 0.3 is 0 Å². The van der Waals surface area contributed by atoms with Crippen molar-refractivity contribution in [1.82, 2.24) is 30.4 Å². The molecule has 0 amide bonds. The van der Waals surface area contributed by atoms with Crippen molar-refractivity contribution in [2.24, 2.45) is 12.0 Å². The highest BCUT2D eigenvalue weighted by molar-refractivity contribution is 7.11. The summed E-state index contributed by atoms with van der Waals surface area (Å²) in [5.41, 5.74) is 2.36. The molecule has 0 aliphatic heterocycles. The normalized spacial score (nSPS) is 11.6. The zero-order valence-corrected chi connectivity index (χ0v) is 19.7. The van der Waals surface area contributed by atoms with E-state index in [2.05, 4.69) is 51.8 Å². The van der Waals surface area contributed by atoms with Crippen molar-refractivity contribution < 1.29 is 4.74 Å². The number of benzene rings is 1. The van der Waals surface area contributed by atoms with Crippen molar-refractivity contribution in [3.8, 4) is 5.75 Å². The van der Waals surface area contributed by atoms with Crippen molar-refractivity contribution >= 4 is 17.3 Å². The molecular formula is C22H31N7OS. The summed E-state index contributed by atoms with van der Waals surface area (Å²) in [7, 11) is 3.63. The van der Waals surface area contributed by atoms with E-state index in [0.717, 1.165) is 60.0 Å². The largest absolute Gasteiger partial charge is 0.497 e. The second-order valence-electron chi connectivity index (χ2n) is 7.34. The van der Waals surface area contributed by atoms with Crippen LogP contribution in [-0.4, -0.2) is 45.9 Å². The highest BCUT2D eigenvalue weighted by Gasteiger charge is 2.07. The highest BCUT2D eigenvalue weighted by Crippen LogP contribution is 2.16. The number of nitrogens with one attached hydrogen (secondary N) is 2. The number of hydrogen-bond donors (Lipinski definition) is 2. The first kappa shape index (κ1) is 22.7. The predicted octanol–water partition coefficient (Wildman–Crippen LogP) is 2.73. The van der Waals surface area contributed by atoms with Crippen LogP contribution in [0.5, 0.6) is 5.75 Å². The lowest BCUT2D eigenvalue weighted by molar-refractivity contribution is 0.414. The monoisotopic (exact) mass is 441 g/mol. The number of guanidine groups is 1. The minimum absolute atomic E-state index is 0.463. The van der Waals surface area contributed by atoms with Gasteiger partial charge in [-0.15, -0.1) is 21.5 Å². The van der Waals surface area contributed by atoms with Crippen molar-refractivity contribution in [1.29, 1.82) is 0 Å². The van der Waals surface area contributed by atoms with Gasteiger partial charge in [-0.2, -0.15) is 0 Å². The van der Waals surface area contributed by atoms with Crippen molar-refractivity contribution in [2.45, 2.75) is 40.2 Å². The second kappa shape index (κ2) is 10.9. The lowest BCUT2D eigenvalue weighted by atomic mass is 10.1. The highest BCUT2D eigenvalue weighted by atomic mass is 32.1. The lowest BCUT2D eigenvalue weighted by Gasteiger charge is -2.12. The van der Waals surface area contributed by atoms with Crippen LogP contribution in [0.25, 0.3) is 0 Å². The Morgan fingerprint density at radius 3 is 2.35 bits per heavy atom. The average Bonchev–Trinajstić information content (AvgIpc) is 3.26. The summed E-state index contributed by atoms with van der Waals surface area (Å²) < 4.78 is 7.18. The molecule has 0 unspecified atom stereocenters. The van der Waals surface area contributed by atoms with Gasteiger partial charge in [0.05, 0.1) is 17.8 Å². The van der Waals surface area contributed by atoms with Gasteiger partial charge in [-0.25, -0.2) is 9.98 Å². The molecule has 1 aromatic carbocycles. The summed E-state index contributed by atoms with van der Waals surface area (Å²) in [6.07, 6.45) is 1.75. The van der Waals surface area contributed by atoms with Crippen LogP contribution < -0.4 is 15.4 Å². The fraction of sp³-hybridized carbons (Fsp3) is 0.455. The summed E-state index contributed by atoms with van der Waals surface area (Å²) >= 11 is 1.76. The number of aromatic nitrogens is 4. The summed E-state index contributed by atoms with van der Waals surface area (Å²) in [4.78, 5) is 10.6. The third-order valence-corrected chi connectivity index (χ3v) is 6.26. The van der Waals surface area contributed by atoms with Crippen LogP contribution in [0.15, 0.2) is 29.3 Å². The molecule has 3 rings (SSSR count). The molecule has 0 bridgehead atoms. The van der Waals surface area contributed by atoms with Crippen molar-refractivity contribution in [3.63, 3.8) is 0 Å². The van der Waals surface area contributed by atoms with Gasteiger partial charge in [0, 0.05) is 31.4 Å². The van der Waals surface area contributed by atoms with Crippen molar-refractivity contribution in [2.75, 3.05) is 20.2 Å². The van der Waals surface area contributed by atoms with E-state index < -0.39 is 0 Å². The number of methoxy groups -OCH3 is 1. The van der Waals surface area contributed by atoms with Crippen LogP contribution in [-0.2, 0) is 26.4 Å².